The number of nitrogens with one attached hydrogen (secondary N) is 2. The molecule has 0 saturated carbocycles. The Morgan fingerprint density at radius 2 is 1.87 bits per heavy atom. The molecule has 0 unspecified atom stereocenters. The molecule has 0 saturated heterocycles. The number of benzene rings is 3. The van der Waals surface area contributed by atoms with E-state index in [2.05, 4.69) is 31.5 Å². The second-order valence-electron chi connectivity index (χ2n) is 7.00. The summed E-state index contributed by atoms with van der Waals surface area (Å²) in [6.45, 7) is 2.01. The first kappa shape index (κ1) is 21.2. The van der Waals surface area contributed by atoms with Crippen molar-refractivity contribution in [2.24, 2.45) is 0 Å². The fourth-order valence-electron chi connectivity index (χ4n) is 3.25. The number of hydrogen-bond acceptors (Lipinski definition) is 4. The minimum Gasteiger partial charge on any atom is -0.496 e. The third-order valence-corrected chi connectivity index (χ3v) is 5.67. The highest BCUT2D eigenvalue weighted by Crippen LogP contribution is 2.28. The lowest BCUT2D eigenvalue weighted by Gasteiger charge is -2.12. The van der Waals surface area contributed by atoms with Crippen LogP contribution in [0.1, 0.15) is 15.9 Å². The topological polar surface area (TPSA) is 63.2 Å². The number of nitrogens with zero attached hydrogens (tertiary/aromatic N) is 1. The summed E-state index contributed by atoms with van der Waals surface area (Å²) >= 11 is 9.46. The highest BCUT2D eigenvalue weighted by Gasteiger charge is 2.11. The van der Waals surface area contributed by atoms with E-state index in [9.17, 15) is 4.79 Å². The number of aromatic nitrogens is 1. The molecule has 0 aliphatic carbocycles. The van der Waals surface area contributed by atoms with Gasteiger partial charge in [-0.2, -0.15) is 0 Å². The third-order valence-electron chi connectivity index (χ3n) is 4.78. The molecule has 0 atom stereocenters. The highest BCUT2D eigenvalue weighted by molar-refractivity contribution is 9.10. The Kier molecular flexibility index (Phi) is 6.11. The number of carbonyl (C=O) groups excluding carboxylic acids is 1. The van der Waals surface area contributed by atoms with E-state index in [1.165, 1.54) is 0 Å². The Bertz CT molecular complexity index is 1290. The third kappa shape index (κ3) is 4.81. The van der Waals surface area contributed by atoms with E-state index in [4.69, 9.17) is 16.3 Å². The Hall–Kier alpha value is -3.09. The molecule has 3 aromatic carbocycles. The van der Waals surface area contributed by atoms with E-state index >= 15 is 0 Å². The highest BCUT2D eigenvalue weighted by atomic mass is 79.9. The summed E-state index contributed by atoms with van der Waals surface area (Å²) in [6, 6.07) is 20.3. The van der Waals surface area contributed by atoms with Crippen LogP contribution >= 0.6 is 27.5 Å². The molecular formula is C24H19BrClN3O2. The van der Waals surface area contributed by atoms with Crippen molar-refractivity contribution in [2.75, 3.05) is 17.7 Å². The maximum Gasteiger partial charge on any atom is 0.255 e. The van der Waals surface area contributed by atoms with E-state index in [0.29, 0.717) is 22.0 Å². The second-order valence-corrected chi connectivity index (χ2v) is 8.29. The lowest BCUT2D eigenvalue weighted by molar-refractivity contribution is 0.102. The Labute approximate surface area is 193 Å². The quantitative estimate of drug-likeness (QED) is 0.313. The van der Waals surface area contributed by atoms with Gasteiger partial charge in [0.15, 0.2) is 0 Å². The van der Waals surface area contributed by atoms with Crippen LogP contribution in [0.3, 0.4) is 0 Å². The van der Waals surface area contributed by atoms with Crippen LogP contribution < -0.4 is 15.4 Å². The molecule has 31 heavy (non-hydrogen) atoms. The molecule has 1 aromatic heterocycles. The molecule has 1 amide bonds. The molecule has 7 heteroatoms. The number of rotatable bonds is 5. The lowest BCUT2D eigenvalue weighted by atomic mass is 10.1. The predicted octanol–water partition coefficient (Wildman–Crippen LogP) is 6.96. The molecular weight excluding hydrogens is 478 g/mol. The average Bonchev–Trinajstić information content (AvgIpc) is 2.74. The van der Waals surface area contributed by atoms with E-state index in [0.717, 1.165) is 32.4 Å². The number of pyridine rings is 1. The zero-order valence-corrected chi connectivity index (χ0v) is 19.2. The van der Waals surface area contributed by atoms with E-state index in [-0.39, 0.29) is 5.91 Å². The van der Waals surface area contributed by atoms with Crippen molar-refractivity contribution in [3.8, 4) is 5.75 Å². The molecule has 0 aliphatic heterocycles. The lowest BCUT2D eigenvalue weighted by Crippen LogP contribution is -2.12. The number of fused-ring (bicyclic) bond motifs is 1. The van der Waals surface area contributed by atoms with Gasteiger partial charge >= 0.3 is 0 Å². The molecule has 0 radical (unpaired) electrons. The summed E-state index contributed by atoms with van der Waals surface area (Å²) in [5.41, 5.74) is 3.94. The van der Waals surface area contributed by atoms with E-state index in [1.807, 2.05) is 55.5 Å². The van der Waals surface area contributed by atoms with Gasteiger partial charge in [0.1, 0.15) is 11.6 Å². The minimum absolute atomic E-state index is 0.213. The second kappa shape index (κ2) is 8.96. The molecule has 1 heterocycles. The van der Waals surface area contributed by atoms with Crippen molar-refractivity contribution in [1.29, 1.82) is 0 Å². The van der Waals surface area contributed by atoms with Crippen molar-refractivity contribution < 1.29 is 9.53 Å². The monoisotopic (exact) mass is 495 g/mol. The van der Waals surface area contributed by atoms with Gasteiger partial charge in [-0.25, -0.2) is 4.98 Å². The van der Waals surface area contributed by atoms with Gasteiger partial charge in [0.25, 0.3) is 5.91 Å². The van der Waals surface area contributed by atoms with Gasteiger partial charge in [0.05, 0.1) is 17.1 Å². The SMILES string of the molecule is COc1cc(C(=O)Nc2ccc3nc(Nc4cccc(Cl)c4)cc(C)c3c2)ccc1Br. The Balaban J connectivity index is 1.58. The van der Waals surface area contributed by atoms with E-state index in [1.54, 1.807) is 25.3 Å². The van der Waals surface area contributed by atoms with Crippen LogP contribution in [-0.2, 0) is 0 Å². The van der Waals surface area contributed by atoms with Gasteiger partial charge in [0.2, 0.25) is 0 Å². The first-order valence-corrected chi connectivity index (χ1v) is 10.7. The number of halogens is 2. The molecule has 156 valence electrons. The number of hydrogen-bond donors (Lipinski definition) is 2. The molecule has 5 nitrogen and oxygen atoms in total. The van der Waals surface area contributed by atoms with Crippen molar-refractivity contribution >= 4 is 61.5 Å². The maximum absolute atomic E-state index is 12.7. The standard InChI is InChI=1S/C24H19BrClN3O2/c1-14-10-23(27-17-5-3-4-16(26)12-17)29-21-9-7-18(13-19(14)21)28-24(30)15-6-8-20(25)22(11-15)31-2/h3-13H,1-2H3,(H,27,29)(H,28,30). The van der Waals surface area contributed by atoms with Crippen molar-refractivity contribution in [2.45, 2.75) is 6.92 Å². The molecule has 0 bridgehead atoms. The van der Waals surface area contributed by atoms with E-state index < -0.39 is 0 Å². The number of aryl methyl sites for hydroxylation is 1. The molecule has 4 aromatic rings. The maximum atomic E-state index is 12.7. The summed E-state index contributed by atoms with van der Waals surface area (Å²) in [5.74, 6) is 1.12. The largest absolute Gasteiger partial charge is 0.496 e. The normalized spacial score (nSPS) is 10.7. The molecule has 0 fully saturated rings. The molecule has 0 aliphatic rings. The van der Waals surface area contributed by atoms with Gasteiger partial charge < -0.3 is 15.4 Å². The van der Waals surface area contributed by atoms with Gasteiger partial charge in [-0.1, -0.05) is 17.7 Å². The van der Waals surface area contributed by atoms with Crippen molar-refractivity contribution in [3.05, 3.63) is 87.4 Å². The fraction of sp³-hybridized carbons (Fsp3) is 0.0833. The van der Waals surface area contributed by atoms with Crippen LogP contribution in [0.5, 0.6) is 5.75 Å². The summed E-state index contributed by atoms with van der Waals surface area (Å²) in [6.07, 6.45) is 0. The molecule has 0 spiro atoms. The number of carbonyl (C=O) groups is 1. The molecule has 2 N–H and O–H groups in total. The van der Waals surface area contributed by atoms with Gasteiger partial charge in [0, 0.05) is 27.3 Å². The minimum atomic E-state index is -0.213. The van der Waals surface area contributed by atoms with Gasteiger partial charge in [-0.05, 0) is 89.1 Å². The predicted molar refractivity (Wildman–Crippen MR) is 130 cm³/mol. The summed E-state index contributed by atoms with van der Waals surface area (Å²) in [7, 11) is 1.57. The Morgan fingerprint density at radius 1 is 1.03 bits per heavy atom. The summed E-state index contributed by atoms with van der Waals surface area (Å²) < 4.78 is 6.06. The fourth-order valence-corrected chi connectivity index (χ4v) is 3.85. The molecule has 4 rings (SSSR count). The first-order valence-electron chi connectivity index (χ1n) is 9.52. The summed E-state index contributed by atoms with van der Waals surface area (Å²) in [4.78, 5) is 17.4. The van der Waals surface area contributed by atoms with Crippen LogP contribution in [0.2, 0.25) is 5.02 Å². The van der Waals surface area contributed by atoms with Crippen molar-refractivity contribution in [1.82, 2.24) is 4.98 Å². The number of amides is 1. The first-order chi connectivity index (χ1) is 14.9. The van der Waals surface area contributed by atoms with Crippen molar-refractivity contribution in [3.63, 3.8) is 0 Å². The summed E-state index contributed by atoms with van der Waals surface area (Å²) in [5, 5.41) is 7.84. The number of anilines is 3. The van der Waals surface area contributed by atoms with Crippen LogP contribution in [0.15, 0.2) is 71.2 Å². The Morgan fingerprint density at radius 3 is 2.65 bits per heavy atom. The van der Waals surface area contributed by atoms with Crippen LogP contribution in [-0.4, -0.2) is 18.0 Å². The van der Waals surface area contributed by atoms with Crippen LogP contribution in [0.4, 0.5) is 17.2 Å². The zero-order chi connectivity index (χ0) is 22.0. The average molecular weight is 497 g/mol. The van der Waals surface area contributed by atoms with Gasteiger partial charge in [-0.3, -0.25) is 4.79 Å². The number of methoxy groups -OCH3 is 1. The van der Waals surface area contributed by atoms with Crippen LogP contribution in [0.25, 0.3) is 10.9 Å². The van der Waals surface area contributed by atoms with Crippen LogP contribution in [0, 0.1) is 6.92 Å². The zero-order valence-electron chi connectivity index (χ0n) is 16.9. The smallest absolute Gasteiger partial charge is 0.255 e. The van der Waals surface area contributed by atoms with Gasteiger partial charge in [-0.15, -0.1) is 0 Å². The number of ether oxygens (including phenoxy) is 1.